The van der Waals surface area contributed by atoms with E-state index in [-0.39, 0.29) is 22.7 Å². The molecule has 42 heavy (non-hydrogen) atoms. The Hall–Kier alpha value is -3.50. The van der Waals surface area contributed by atoms with Crippen molar-refractivity contribution in [1.82, 2.24) is 20.1 Å². The molecular weight excluding hydrogens is 547 g/mol. The molecule has 2 heterocycles. The van der Waals surface area contributed by atoms with Gasteiger partial charge in [0.1, 0.15) is 6.17 Å². The van der Waals surface area contributed by atoms with Crippen LogP contribution in [0.1, 0.15) is 82.9 Å². The van der Waals surface area contributed by atoms with Gasteiger partial charge in [-0.3, -0.25) is 4.79 Å². The number of hydrogen-bond donors (Lipinski definition) is 0. The maximum atomic E-state index is 14.6. The van der Waals surface area contributed by atoms with E-state index in [0.717, 1.165) is 55.3 Å². The van der Waals surface area contributed by atoms with Crippen LogP contribution in [-0.2, 0) is 10.2 Å². The number of ether oxygens (including phenoxy) is 1. The third kappa shape index (κ3) is 4.46. The molecule has 9 rings (SSSR count). The summed E-state index contributed by atoms with van der Waals surface area (Å²) in [7, 11) is 0. The van der Waals surface area contributed by atoms with Gasteiger partial charge in [-0.05, 0) is 93.7 Å². The SMILES string of the molecule is CCOc1ncc(-c2cccc(N(CC34CCC(c5noc(C(F)F)n5)(CC3)CC4)C(=O)C34CC(F)C(C3)C4)c2)cn1. The van der Waals surface area contributed by atoms with Gasteiger partial charge in [-0.25, -0.2) is 14.4 Å². The molecule has 0 saturated heterocycles. The van der Waals surface area contributed by atoms with Crippen molar-refractivity contribution in [2.45, 2.75) is 82.7 Å². The summed E-state index contributed by atoms with van der Waals surface area (Å²) >= 11 is 0. The maximum Gasteiger partial charge on any atom is 0.316 e. The highest BCUT2D eigenvalue weighted by atomic mass is 19.3. The molecule has 4 bridgehead atoms. The lowest BCUT2D eigenvalue weighted by Gasteiger charge is -2.54. The molecule has 0 aliphatic heterocycles. The zero-order valence-corrected chi connectivity index (χ0v) is 23.6. The fraction of sp³-hybridized carbons (Fsp3) is 0.581. The van der Waals surface area contributed by atoms with Gasteiger partial charge in [0.2, 0.25) is 5.91 Å². The number of amides is 1. The van der Waals surface area contributed by atoms with E-state index in [1.54, 1.807) is 12.4 Å². The van der Waals surface area contributed by atoms with Crippen LogP contribution >= 0.6 is 0 Å². The van der Waals surface area contributed by atoms with Crippen LogP contribution in [-0.4, -0.2) is 45.3 Å². The Morgan fingerprint density at radius 3 is 2.38 bits per heavy atom. The Morgan fingerprint density at radius 1 is 1.07 bits per heavy atom. The van der Waals surface area contributed by atoms with Crippen molar-refractivity contribution < 1.29 is 27.2 Å². The number of alkyl halides is 3. The van der Waals surface area contributed by atoms with Crippen molar-refractivity contribution in [3.05, 3.63) is 48.4 Å². The first kappa shape index (κ1) is 27.3. The van der Waals surface area contributed by atoms with Gasteiger partial charge in [-0.2, -0.15) is 13.8 Å². The summed E-state index contributed by atoms with van der Waals surface area (Å²) in [6.45, 7) is 2.88. The van der Waals surface area contributed by atoms with Gasteiger partial charge in [-0.1, -0.05) is 17.3 Å². The minimum Gasteiger partial charge on any atom is -0.464 e. The second kappa shape index (κ2) is 10.1. The van der Waals surface area contributed by atoms with Crippen molar-refractivity contribution in [3.8, 4) is 17.1 Å². The van der Waals surface area contributed by atoms with Crippen LogP contribution in [0.5, 0.6) is 6.01 Å². The lowest BCUT2D eigenvalue weighted by atomic mass is 9.53. The van der Waals surface area contributed by atoms with Gasteiger partial charge in [-0.15, -0.1) is 0 Å². The maximum absolute atomic E-state index is 14.6. The molecule has 6 saturated carbocycles. The summed E-state index contributed by atoms with van der Waals surface area (Å²) in [5, 5.41) is 3.93. The van der Waals surface area contributed by atoms with Gasteiger partial charge < -0.3 is 14.2 Å². The van der Waals surface area contributed by atoms with E-state index < -0.39 is 23.9 Å². The quantitative estimate of drug-likeness (QED) is 0.280. The molecule has 1 atom stereocenters. The number of carbonyl (C=O) groups excluding carboxylic acids is 1. The van der Waals surface area contributed by atoms with Crippen molar-refractivity contribution >= 4 is 11.6 Å². The average molecular weight is 582 g/mol. The summed E-state index contributed by atoms with van der Waals surface area (Å²) in [4.78, 5) is 28.9. The second-order valence-electron chi connectivity index (χ2n) is 12.8. The number of rotatable bonds is 9. The molecule has 1 unspecified atom stereocenters. The zero-order chi connectivity index (χ0) is 29.1. The standard InChI is InChI=1S/C31H34F3N5O3/c1-2-41-28-35-16-21(17-36-28)19-4-3-5-22(12-19)39(27(40)31-13-20(14-31)23(32)15-31)18-29-6-9-30(10-7-29,11-8-29)26-37-25(24(33)34)42-38-26/h3-5,12,16-17,20,23-24H,2,6-11,13-15,18H2,1H3. The van der Waals surface area contributed by atoms with Crippen LogP contribution < -0.4 is 9.64 Å². The largest absolute Gasteiger partial charge is 0.464 e. The molecule has 8 nitrogen and oxygen atoms in total. The number of aromatic nitrogens is 4. The Morgan fingerprint density at radius 2 is 1.79 bits per heavy atom. The molecule has 0 radical (unpaired) electrons. The lowest BCUT2D eigenvalue weighted by molar-refractivity contribution is -0.132. The molecule has 222 valence electrons. The van der Waals surface area contributed by atoms with Gasteiger partial charge in [0.15, 0.2) is 5.82 Å². The van der Waals surface area contributed by atoms with E-state index in [4.69, 9.17) is 9.26 Å². The van der Waals surface area contributed by atoms with Gasteiger partial charge in [0, 0.05) is 35.6 Å². The summed E-state index contributed by atoms with van der Waals surface area (Å²) < 4.78 is 51.1. The Bertz CT molecular complexity index is 1450. The Kier molecular flexibility index (Phi) is 6.54. The highest BCUT2D eigenvalue weighted by Gasteiger charge is 2.62. The van der Waals surface area contributed by atoms with Crippen LogP contribution in [0.2, 0.25) is 0 Å². The molecule has 1 amide bonds. The number of fused-ring (bicyclic) bond motifs is 4. The molecule has 6 aliphatic carbocycles. The number of nitrogens with zero attached hydrogens (tertiary/aromatic N) is 5. The number of hydrogen-bond acceptors (Lipinski definition) is 7. The monoisotopic (exact) mass is 581 g/mol. The first-order chi connectivity index (χ1) is 20.2. The number of anilines is 1. The molecule has 0 N–H and O–H groups in total. The topological polar surface area (TPSA) is 94.2 Å². The fourth-order valence-corrected chi connectivity index (χ4v) is 7.97. The summed E-state index contributed by atoms with van der Waals surface area (Å²) in [5.41, 5.74) is 1.33. The fourth-order valence-electron chi connectivity index (χ4n) is 7.97. The second-order valence-corrected chi connectivity index (χ2v) is 12.8. The van der Waals surface area contributed by atoms with E-state index >= 15 is 0 Å². The first-order valence-electron chi connectivity index (χ1n) is 14.9. The highest BCUT2D eigenvalue weighted by molar-refractivity contribution is 5.99. The van der Waals surface area contributed by atoms with Crippen molar-refractivity contribution in [1.29, 1.82) is 0 Å². The number of carbonyl (C=O) groups is 1. The van der Waals surface area contributed by atoms with E-state index in [0.29, 0.717) is 44.2 Å². The highest BCUT2D eigenvalue weighted by Crippen LogP contribution is 2.62. The predicted molar refractivity (Wildman–Crippen MR) is 147 cm³/mol. The van der Waals surface area contributed by atoms with Crippen LogP contribution in [0.15, 0.2) is 41.2 Å². The Balaban J connectivity index is 1.16. The first-order valence-corrected chi connectivity index (χ1v) is 14.9. The minimum atomic E-state index is -2.79. The molecule has 6 fully saturated rings. The summed E-state index contributed by atoms with van der Waals surface area (Å²) in [6, 6.07) is 8.14. The smallest absolute Gasteiger partial charge is 0.316 e. The van der Waals surface area contributed by atoms with E-state index in [2.05, 4.69) is 20.1 Å². The molecule has 3 aromatic rings. The van der Waals surface area contributed by atoms with Crippen LogP contribution in [0.3, 0.4) is 0 Å². The summed E-state index contributed by atoms with van der Waals surface area (Å²) in [5.74, 6) is -0.254. The normalized spacial score (nSPS) is 31.3. The number of halogens is 3. The van der Waals surface area contributed by atoms with E-state index in [1.807, 2.05) is 36.1 Å². The molecule has 11 heteroatoms. The lowest BCUT2D eigenvalue weighted by Crippen LogP contribution is -2.54. The summed E-state index contributed by atoms with van der Waals surface area (Å²) in [6.07, 6.45) is 5.94. The molecule has 0 spiro atoms. The third-order valence-corrected chi connectivity index (χ3v) is 10.5. The molecule has 1 aromatic carbocycles. The van der Waals surface area contributed by atoms with Crippen molar-refractivity contribution in [3.63, 3.8) is 0 Å². The molecular formula is C31H34F3N5O3. The van der Waals surface area contributed by atoms with E-state index in [1.165, 1.54) is 0 Å². The third-order valence-electron chi connectivity index (χ3n) is 10.5. The predicted octanol–water partition coefficient (Wildman–Crippen LogP) is 6.63. The van der Waals surface area contributed by atoms with Crippen molar-refractivity contribution in [2.24, 2.45) is 16.7 Å². The van der Waals surface area contributed by atoms with Crippen molar-refractivity contribution in [2.75, 3.05) is 18.1 Å². The zero-order valence-electron chi connectivity index (χ0n) is 23.6. The Labute approximate surface area is 242 Å². The van der Waals surface area contributed by atoms with E-state index in [9.17, 15) is 18.0 Å². The molecule has 2 aromatic heterocycles. The molecule has 6 aliphatic rings. The van der Waals surface area contributed by atoms with Crippen LogP contribution in [0.25, 0.3) is 11.1 Å². The van der Waals surface area contributed by atoms with Gasteiger partial charge >= 0.3 is 12.4 Å². The average Bonchev–Trinajstić information content (AvgIpc) is 3.71. The van der Waals surface area contributed by atoms with Crippen LogP contribution in [0, 0.1) is 16.7 Å². The van der Waals surface area contributed by atoms with Gasteiger partial charge in [0.25, 0.3) is 5.89 Å². The number of benzene rings is 1. The minimum absolute atomic E-state index is 0.00974. The van der Waals surface area contributed by atoms with Gasteiger partial charge in [0.05, 0.1) is 12.0 Å². The van der Waals surface area contributed by atoms with Crippen LogP contribution in [0.4, 0.5) is 18.9 Å².